The highest BCUT2D eigenvalue weighted by atomic mass is 35.5. The molecule has 0 aliphatic carbocycles. The smallest absolute Gasteiger partial charge is 0.377 e. The summed E-state index contributed by atoms with van der Waals surface area (Å²) in [6.07, 6.45) is 0. The van der Waals surface area contributed by atoms with Crippen LogP contribution in [0, 0.1) is 6.92 Å². The van der Waals surface area contributed by atoms with Gasteiger partial charge in [-0.15, -0.1) is 0 Å². The first-order chi connectivity index (χ1) is 12.3. The Labute approximate surface area is 154 Å². The summed E-state index contributed by atoms with van der Waals surface area (Å²) in [5.74, 6) is -2.65. The van der Waals surface area contributed by atoms with Crippen LogP contribution in [0.4, 0.5) is 0 Å². The van der Waals surface area contributed by atoms with Crippen molar-refractivity contribution in [3.63, 3.8) is 0 Å². The lowest BCUT2D eigenvalue weighted by Gasteiger charge is -2.09. The van der Waals surface area contributed by atoms with Gasteiger partial charge in [-0.2, -0.15) is 0 Å². The van der Waals surface area contributed by atoms with Gasteiger partial charge in [-0.25, -0.2) is 4.79 Å². The van der Waals surface area contributed by atoms with Crippen molar-refractivity contribution in [2.75, 3.05) is 0 Å². The summed E-state index contributed by atoms with van der Waals surface area (Å²) in [6.45, 7) is 3.59. The first-order valence-electron chi connectivity index (χ1n) is 7.95. The van der Waals surface area contributed by atoms with Gasteiger partial charge in [-0.1, -0.05) is 23.7 Å². The number of rotatable bonds is 5. The molecule has 1 aromatic heterocycles. The van der Waals surface area contributed by atoms with Crippen molar-refractivity contribution in [2.45, 2.75) is 20.4 Å². The molecular weight excluding hydrogens is 354 g/mol. The van der Waals surface area contributed by atoms with E-state index in [9.17, 15) is 19.5 Å². The van der Waals surface area contributed by atoms with Gasteiger partial charge in [0.25, 0.3) is 5.78 Å². The number of halogens is 1. The van der Waals surface area contributed by atoms with Crippen molar-refractivity contribution in [1.82, 2.24) is 4.57 Å². The zero-order chi connectivity index (χ0) is 19.0. The fourth-order valence-corrected chi connectivity index (χ4v) is 3.20. The lowest BCUT2D eigenvalue weighted by atomic mass is 10.0. The largest absolute Gasteiger partial charge is 0.475 e. The fourth-order valence-electron chi connectivity index (χ4n) is 3.07. The van der Waals surface area contributed by atoms with E-state index in [1.54, 1.807) is 37.3 Å². The van der Waals surface area contributed by atoms with Crippen molar-refractivity contribution >= 4 is 40.0 Å². The van der Waals surface area contributed by atoms with E-state index in [2.05, 4.69) is 0 Å². The van der Waals surface area contributed by atoms with Gasteiger partial charge >= 0.3 is 5.97 Å². The van der Waals surface area contributed by atoms with Crippen LogP contribution >= 0.6 is 11.6 Å². The van der Waals surface area contributed by atoms with E-state index in [4.69, 9.17) is 11.6 Å². The summed E-state index contributed by atoms with van der Waals surface area (Å²) in [7, 11) is 0. The Morgan fingerprint density at radius 3 is 2.31 bits per heavy atom. The number of carboxylic acids is 1. The molecule has 3 rings (SSSR count). The van der Waals surface area contributed by atoms with Crippen molar-refractivity contribution in [3.05, 3.63) is 69.9 Å². The monoisotopic (exact) mass is 369 g/mol. The van der Waals surface area contributed by atoms with Gasteiger partial charge in [0, 0.05) is 33.7 Å². The molecule has 26 heavy (non-hydrogen) atoms. The Bertz CT molecular complexity index is 1050. The van der Waals surface area contributed by atoms with E-state index in [1.807, 2.05) is 16.7 Å². The van der Waals surface area contributed by atoms with E-state index < -0.39 is 11.8 Å². The average Bonchev–Trinajstić information content (AvgIpc) is 2.87. The van der Waals surface area contributed by atoms with E-state index in [1.165, 1.54) is 6.92 Å². The second-order valence-corrected chi connectivity index (χ2v) is 6.53. The average molecular weight is 370 g/mol. The lowest BCUT2D eigenvalue weighted by molar-refractivity contribution is -0.131. The Morgan fingerprint density at radius 1 is 1.08 bits per heavy atom. The molecule has 0 amide bonds. The third kappa shape index (κ3) is 3.13. The quantitative estimate of drug-likeness (QED) is 0.542. The van der Waals surface area contributed by atoms with Gasteiger partial charge in [0.05, 0.1) is 5.56 Å². The van der Waals surface area contributed by atoms with E-state index in [0.717, 1.165) is 5.56 Å². The SMILES string of the molecule is CC(=O)c1ccc2c(c1)c(C(=O)C(=O)O)c(C)n2Cc1ccc(Cl)cc1. The van der Waals surface area contributed by atoms with E-state index in [-0.39, 0.29) is 11.3 Å². The highest BCUT2D eigenvalue weighted by Gasteiger charge is 2.25. The number of hydrogen-bond donors (Lipinski definition) is 1. The van der Waals surface area contributed by atoms with Crippen LogP contribution in [0.25, 0.3) is 10.9 Å². The molecule has 1 heterocycles. The van der Waals surface area contributed by atoms with Crippen LogP contribution in [-0.4, -0.2) is 27.2 Å². The van der Waals surface area contributed by atoms with E-state index >= 15 is 0 Å². The number of benzene rings is 2. The van der Waals surface area contributed by atoms with Crippen LogP contribution in [-0.2, 0) is 11.3 Å². The summed E-state index contributed by atoms with van der Waals surface area (Å²) in [6, 6.07) is 12.3. The van der Waals surface area contributed by atoms with Crippen molar-refractivity contribution < 1.29 is 19.5 Å². The lowest BCUT2D eigenvalue weighted by Crippen LogP contribution is -2.14. The number of fused-ring (bicyclic) bond motifs is 1. The molecule has 1 N–H and O–H groups in total. The minimum absolute atomic E-state index is 0.115. The maximum atomic E-state index is 12.3. The molecule has 2 aromatic carbocycles. The van der Waals surface area contributed by atoms with Gasteiger partial charge in [-0.3, -0.25) is 9.59 Å². The summed E-state index contributed by atoms with van der Waals surface area (Å²) in [5.41, 5.74) is 2.75. The van der Waals surface area contributed by atoms with Crippen molar-refractivity contribution in [3.8, 4) is 0 Å². The molecule has 0 aliphatic rings. The second-order valence-electron chi connectivity index (χ2n) is 6.10. The van der Waals surface area contributed by atoms with Gasteiger partial charge in [0.2, 0.25) is 0 Å². The Kier molecular flexibility index (Phi) is 4.66. The maximum absolute atomic E-state index is 12.3. The van der Waals surface area contributed by atoms with E-state index in [0.29, 0.717) is 33.7 Å². The highest BCUT2D eigenvalue weighted by molar-refractivity contribution is 6.42. The van der Waals surface area contributed by atoms with Crippen LogP contribution in [0.2, 0.25) is 5.02 Å². The second kappa shape index (κ2) is 6.77. The third-order valence-corrected chi connectivity index (χ3v) is 4.66. The molecule has 5 nitrogen and oxygen atoms in total. The number of carboxylic acid groups (broad SMARTS) is 1. The van der Waals surface area contributed by atoms with Crippen LogP contribution in [0.3, 0.4) is 0 Å². The molecule has 0 radical (unpaired) electrons. The molecule has 0 spiro atoms. The number of carbonyl (C=O) groups excluding carboxylic acids is 2. The zero-order valence-corrected chi connectivity index (χ0v) is 15.0. The molecule has 0 aliphatic heterocycles. The molecule has 0 fully saturated rings. The molecule has 3 aromatic rings. The molecule has 0 atom stereocenters. The minimum atomic E-state index is -1.52. The number of aliphatic carboxylic acids is 1. The fraction of sp³-hybridized carbons (Fsp3) is 0.150. The predicted molar refractivity (Wildman–Crippen MR) is 99.2 cm³/mol. The first kappa shape index (κ1) is 17.9. The number of aromatic nitrogens is 1. The Balaban J connectivity index is 2.23. The van der Waals surface area contributed by atoms with Crippen LogP contribution in [0.1, 0.15) is 38.9 Å². The van der Waals surface area contributed by atoms with Crippen molar-refractivity contribution in [2.24, 2.45) is 0 Å². The number of carbonyl (C=O) groups is 3. The molecule has 0 saturated carbocycles. The standard InChI is InChI=1S/C20H16ClNO4/c1-11-18(19(24)20(25)26)16-9-14(12(2)23)5-8-17(16)22(11)10-13-3-6-15(21)7-4-13/h3-9H,10H2,1-2H3,(H,25,26). The maximum Gasteiger partial charge on any atom is 0.377 e. The predicted octanol–water partition coefficient (Wildman–Crippen LogP) is 4.12. The molecule has 6 heteroatoms. The number of nitrogens with zero attached hydrogens (tertiary/aromatic N) is 1. The normalized spacial score (nSPS) is 10.9. The molecule has 0 unspecified atom stereocenters. The molecule has 0 saturated heterocycles. The number of ketones is 2. The summed E-state index contributed by atoms with van der Waals surface area (Å²) in [4.78, 5) is 35.2. The topological polar surface area (TPSA) is 76.4 Å². The summed E-state index contributed by atoms with van der Waals surface area (Å²) in [5, 5.41) is 10.3. The summed E-state index contributed by atoms with van der Waals surface area (Å²) >= 11 is 5.92. The molecular formula is C20H16ClNO4. The minimum Gasteiger partial charge on any atom is -0.475 e. The first-order valence-corrected chi connectivity index (χ1v) is 8.33. The van der Waals surface area contributed by atoms with Crippen LogP contribution in [0.15, 0.2) is 42.5 Å². The highest BCUT2D eigenvalue weighted by Crippen LogP contribution is 2.29. The van der Waals surface area contributed by atoms with Gasteiger partial charge in [0.15, 0.2) is 5.78 Å². The molecule has 132 valence electrons. The number of hydrogen-bond acceptors (Lipinski definition) is 3. The Hall–Kier alpha value is -2.92. The Morgan fingerprint density at radius 2 is 1.73 bits per heavy atom. The molecule has 0 bridgehead atoms. The summed E-state index contributed by atoms with van der Waals surface area (Å²) < 4.78 is 1.87. The van der Waals surface area contributed by atoms with Crippen molar-refractivity contribution in [1.29, 1.82) is 0 Å². The van der Waals surface area contributed by atoms with Gasteiger partial charge < -0.3 is 9.67 Å². The number of Topliss-reactive ketones (excluding diaryl/α,β-unsaturated/α-hetero) is 2. The zero-order valence-electron chi connectivity index (χ0n) is 14.2. The third-order valence-electron chi connectivity index (χ3n) is 4.41. The van der Waals surface area contributed by atoms with Gasteiger partial charge in [-0.05, 0) is 49.7 Å². The van der Waals surface area contributed by atoms with Crippen LogP contribution < -0.4 is 0 Å². The van der Waals surface area contributed by atoms with Crippen LogP contribution in [0.5, 0.6) is 0 Å². The van der Waals surface area contributed by atoms with Gasteiger partial charge in [0.1, 0.15) is 0 Å².